The number of hydrogen-bond donors (Lipinski definition) is 2. The minimum atomic E-state index is -0.269. The van der Waals surface area contributed by atoms with Gasteiger partial charge in [-0.25, -0.2) is 9.97 Å². The fraction of sp³-hybridized carbons (Fsp3) is 0.158. The summed E-state index contributed by atoms with van der Waals surface area (Å²) in [7, 11) is 0. The van der Waals surface area contributed by atoms with E-state index in [2.05, 4.69) is 38.6 Å². The topological polar surface area (TPSA) is 79.8 Å². The summed E-state index contributed by atoms with van der Waals surface area (Å²) in [5, 5.41) is 6.01. The average molecular weight is 333 g/mol. The second-order valence-corrected chi connectivity index (χ2v) is 5.77. The molecule has 0 saturated carbocycles. The monoisotopic (exact) mass is 333 g/mol. The van der Waals surface area contributed by atoms with Crippen LogP contribution in [0, 0.1) is 13.8 Å². The number of benzene rings is 1. The molecule has 0 aliphatic rings. The maximum Gasteiger partial charge on any atom is 0.271 e. The molecule has 0 unspecified atom stereocenters. The minimum Gasteiger partial charge on any atom is -0.347 e. The van der Waals surface area contributed by atoms with Crippen LogP contribution in [0.1, 0.15) is 27.2 Å². The SMILES string of the molecule is Cc1ccc(Nc2cnc(C(=O)NCc3cccnc3)cn2)c(C)c1. The van der Waals surface area contributed by atoms with Crippen LogP contribution in [-0.2, 0) is 6.54 Å². The number of aromatic nitrogens is 3. The Morgan fingerprint density at radius 1 is 1.08 bits per heavy atom. The third kappa shape index (κ3) is 4.38. The number of amides is 1. The Balaban J connectivity index is 1.62. The van der Waals surface area contributed by atoms with Gasteiger partial charge in [-0.3, -0.25) is 9.78 Å². The van der Waals surface area contributed by atoms with E-state index in [0.717, 1.165) is 16.8 Å². The molecule has 2 aromatic heterocycles. The molecule has 0 aliphatic heterocycles. The zero-order chi connectivity index (χ0) is 17.6. The van der Waals surface area contributed by atoms with Crippen LogP contribution in [0.5, 0.6) is 0 Å². The van der Waals surface area contributed by atoms with Gasteiger partial charge in [0.25, 0.3) is 5.91 Å². The number of nitrogens with one attached hydrogen (secondary N) is 2. The van der Waals surface area contributed by atoms with E-state index in [1.165, 1.54) is 11.8 Å². The van der Waals surface area contributed by atoms with Gasteiger partial charge >= 0.3 is 0 Å². The van der Waals surface area contributed by atoms with Gasteiger partial charge < -0.3 is 10.6 Å². The van der Waals surface area contributed by atoms with Crippen molar-refractivity contribution in [3.8, 4) is 0 Å². The molecule has 0 saturated heterocycles. The molecule has 6 nitrogen and oxygen atoms in total. The zero-order valence-corrected chi connectivity index (χ0v) is 14.2. The van der Waals surface area contributed by atoms with Crippen LogP contribution in [0.2, 0.25) is 0 Å². The molecule has 0 radical (unpaired) electrons. The molecule has 2 heterocycles. The maximum absolute atomic E-state index is 12.1. The molecule has 25 heavy (non-hydrogen) atoms. The van der Waals surface area contributed by atoms with Crippen molar-refractivity contribution in [2.75, 3.05) is 5.32 Å². The van der Waals surface area contributed by atoms with Crippen LogP contribution in [-0.4, -0.2) is 20.9 Å². The summed E-state index contributed by atoms with van der Waals surface area (Å²) in [5.74, 6) is 0.324. The summed E-state index contributed by atoms with van der Waals surface area (Å²) >= 11 is 0. The van der Waals surface area contributed by atoms with Crippen LogP contribution in [0.4, 0.5) is 11.5 Å². The Morgan fingerprint density at radius 2 is 1.96 bits per heavy atom. The van der Waals surface area contributed by atoms with Crippen LogP contribution >= 0.6 is 0 Å². The molecule has 0 fully saturated rings. The number of carbonyl (C=O) groups excluding carboxylic acids is 1. The number of pyridine rings is 1. The van der Waals surface area contributed by atoms with Gasteiger partial charge in [0.05, 0.1) is 12.4 Å². The summed E-state index contributed by atoms with van der Waals surface area (Å²) in [6.45, 7) is 4.48. The first-order chi connectivity index (χ1) is 12.1. The minimum absolute atomic E-state index is 0.269. The molecular weight excluding hydrogens is 314 g/mol. The first kappa shape index (κ1) is 16.6. The molecule has 1 aromatic carbocycles. The van der Waals surface area contributed by atoms with E-state index in [1.54, 1.807) is 18.6 Å². The van der Waals surface area contributed by atoms with Gasteiger partial charge in [0.2, 0.25) is 0 Å². The van der Waals surface area contributed by atoms with Crippen molar-refractivity contribution >= 4 is 17.4 Å². The Bertz CT molecular complexity index is 863. The number of rotatable bonds is 5. The van der Waals surface area contributed by atoms with E-state index in [9.17, 15) is 4.79 Å². The lowest BCUT2D eigenvalue weighted by Crippen LogP contribution is -2.24. The van der Waals surface area contributed by atoms with Gasteiger partial charge in [-0.05, 0) is 37.1 Å². The average Bonchev–Trinajstić information content (AvgIpc) is 2.63. The van der Waals surface area contributed by atoms with Crippen molar-refractivity contribution in [1.82, 2.24) is 20.3 Å². The van der Waals surface area contributed by atoms with E-state index < -0.39 is 0 Å². The zero-order valence-electron chi connectivity index (χ0n) is 14.2. The molecular formula is C19H19N5O. The lowest BCUT2D eigenvalue weighted by atomic mass is 10.1. The summed E-state index contributed by atoms with van der Waals surface area (Å²) < 4.78 is 0. The molecule has 0 aliphatic carbocycles. The Kier molecular flexibility index (Phi) is 4.99. The number of nitrogens with zero attached hydrogens (tertiary/aromatic N) is 3. The fourth-order valence-electron chi connectivity index (χ4n) is 2.38. The van der Waals surface area contributed by atoms with Crippen molar-refractivity contribution < 1.29 is 4.79 Å². The quantitative estimate of drug-likeness (QED) is 0.750. The Hall–Kier alpha value is -3.28. The van der Waals surface area contributed by atoms with Crippen molar-refractivity contribution in [3.63, 3.8) is 0 Å². The Labute approximate surface area is 146 Å². The number of carbonyl (C=O) groups is 1. The molecule has 0 bridgehead atoms. The summed E-state index contributed by atoms with van der Waals surface area (Å²) in [6.07, 6.45) is 6.42. The molecule has 0 atom stereocenters. The summed E-state index contributed by atoms with van der Waals surface area (Å²) in [4.78, 5) is 24.6. The van der Waals surface area contributed by atoms with E-state index in [4.69, 9.17) is 0 Å². The lowest BCUT2D eigenvalue weighted by Gasteiger charge is -2.10. The first-order valence-electron chi connectivity index (χ1n) is 7.95. The predicted molar refractivity (Wildman–Crippen MR) is 96.6 cm³/mol. The third-order valence-electron chi connectivity index (χ3n) is 3.70. The van der Waals surface area contributed by atoms with Crippen LogP contribution in [0.15, 0.2) is 55.1 Å². The van der Waals surface area contributed by atoms with E-state index >= 15 is 0 Å². The molecule has 2 N–H and O–H groups in total. The molecule has 0 spiro atoms. The second kappa shape index (κ2) is 7.53. The largest absolute Gasteiger partial charge is 0.347 e. The van der Waals surface area contributed by atoms with Crippen molar-refractivity contribution in [1.29, 1.82) is 0 Å². The van der Waals surface area contributed by atoms with Gasteiger partial charge in [0, 0.05) is 24.6 Å². The molecule has 3 aromatic rings. The molecule has 6 heteroatoms. The highest BCUT2D eigenvalue weighted by Crippen LogP contribution is 2.19. The predicted octanol–water partition coefficient (Wildman–Crippen LogP) is 3.16. The number of anilines is 2. The number of hydrogen-bond acceptors (Lipinski definition) is 5. The van der Waals surface area contributed by atoms with Gasteiger partial charge in [-0.15, -0.1) is 0 Å². The van der Waals surface area contributed by atoms with Gasteiger partial charge in [-0.2, -0.15) is 0 Å². The summed E-state index contributed by atoms with van der Waals surface area (Å²) in [6, 6.07) is 9.85. The van der Waals surface area contributed by atoms with Crippen molar-refractivity contribution in [2.24, 2.45) is 0 Å². The van der Waals surface area contributed by atoms with Gasteiger partial charge in [0.15, 0.2) is 0 Å². The van der Waals surface area contributed by atoms with E-state index in [0.29, 0.717) is 12.4 Å². The smallest absolute Gasteiger partial charge is 0.271 e. The maximum atomic E-state index is 12.1. The van der Waals surface area contributed by atoms with Crippen molar-refractivity contribution in [2.45, 2.75) is 20.4 Å². The standard InChI is InChI=1S/C19H19N5O/c1-13-5-6-16(14(2)8-13)24-18-12-21-17(11-22-18)19(25)23-10-15-4-3-7-20-9-15/h3-9,11-12H,10H2,1-2H3,(H,22,24)(H,23,25). The van der Waals surface area contributed by atoms with E-state index in [-0.39, 0.29) is 11.6 Å². The van der Waals surface area contributed by atoms with E-state index in [1.807, 2.05) is 31.2 Å². The highest BCUT2D eigenvalue weighted by atomic mass is 16.1. The highest BCUT2D eigenvalue weighted by molar-refractivity contribution is 5.92. The van der Waals surface area contributed by atoms with Crippen LogP contribution in [0.3, 0.4) is 0 Å². The van der Waals surface area contributed by atoms with Crippen LogP contribution < -0.4 is 10.6 Å². The summed E-state index contributed by atoms with van der Waals surface area (Å²) in [5.41, 5.74) is 4.50. The fourth-order valence-corrected chi connectivity index (χ4v) is 2.38. The van der Waals surface area contributed by atoms with Crippen molar-refractivity contribution in [3.05, 3.63) is 77.5 Å². The highest BCUT2D eigenvalue weighted by Gasteiger charge is 2.08. The second-order valence-electron chi connectivity index (χ2n) is 5.77. The molecule has 126 valence electrons. The number of aryl methyl sites for hydroxylation is 2. The third-order valence-corrected chi connectivity index (χ3v) is 3.70. The molecule has 3 rings (SSSR count). The Morgan fingerprint density at radius 3 is 2.64 bits per heavy atom. The van der Waals surface area contributed by atoms with Crippen LogP contribution in [0.25, 0.3) is 0 Å². The van der Waals surface area contributed by atoms with Gasteiger partial charge in [0.1, 0.15) is 11.5 Å². The van der Waals surface area contributed by atoms with Gasteiger partial charge in [-0.1, -0.05) is 23.8 Å². The molecule has 1 amide bonds. The lowest BCUT2D eigenvalue weighted by molar-refractivity contribution is 0.0945. The first-order valence-corrected chi connectivity index (χ1v) is 7.95. The normalized spacial score (nSPS) is 10.3.